The minimum atomic E-state index is -0.438. The number of hydrogen-bond donors (Lipinski definition) is 1. The van der Waals surface area contributed by atoms with Crippen molar-refractivity contribution in [3.8, 4) is 0 Å². The Morgan fingerprint density at radius 1 is 1.10 bits per heavy atom. The fraction of sp³-hybridized carbons (Fsp3) is 0.167. The molecular formula is C24H19N5O2. The number of amides is 2. The van der Waals surface area contributed by atoms with Gasteiger partial charge in [0.15, 0.2) is 0 Å². The number of rotatable bonds is 2. The van der Waals surface area contributed by atoms with Gasteiger partial charge in [-0.2, -0.15) is 0 Å². The van der Waals surface area contributed by atoms with Crippen LogP contribution in [-0.2, 0) is 9.59 Å². The van der Waals surface area contributed by atoms with Gasteiger partial charge in [-0.3, -0.25) is 24.3 Å². The molecule has 3 aromatic rings. The van der Waals surface area contributed by atoms with Gasteiger partial charge in [-0.15, -0.1) is 0 Å². The number of anilines is 1. The number of carbonyl (C=O) groups excluding carboxylic acids is 2. The molecular weight excluding hydrogens is 390 g/mol. The maximum Gasteiger partial charge on any atom is 0.261 e. The van der Waals surface area contributed by atoms with E-state index in [9.17, 15) is 9.59 Å². The second-order valence-electron chi connectivity index (χ2n) is 8.18. The van der Waals surface area contributed by atoms with Crippen molar-refractivity contribution in [2.45, 2.75) is 19.8 Å². The smallest absolute Gasteiger partial charge is 0.261 e. The molecule has 0 spiro atoms. The number of aryl methyl sites for hydroxylation is 1. The summed E-state index contributed by atoms with van der Waals surface area (Å²) in [5.74, 6) is -0.503. The van der Waals surface area contributed by atoms with Crippen LogP contribution in [0, 0.1) is 6.92 Å². The van der Waals surface area contributed by atoms with Crippen LogP contribution >= 0.6 is 0 Å². The van der Waals surface area contributed by atoms with Gasteiger partial charge < -0.3 is 4.90 Å². The molecule has 7 heteroatoms. The van der Waals surface area contributed by atoms with E-state index in [0.29, 0.717) is 28.5 Å². The molecule has 5 heterocycles. The van der Waals surface area contributed by atoms with Crippen molar-refractivity contribution in [3.63, 3.8) is 0 Å². The summed E-state index contributed by atoms with van der Waals surface area (Å²) in [5.41, 5.74) is 6.53. The average molecular weight is 409 g/mol. The topological polar surface area (TPSA) is 79.1 Å². The summed E-state index contributed by atoms with van der Waals surface area (Å²) in [6.07, 6.45) is 7.19. The standard InChI is InChI=1S/C24H19N5O2/c1-13-6-7-18-26-10-17(29(18)11-13)19-20(24(31)27-23(19)30)21-16-5-3-4-15-14(2)12-28(22(15)16)9-8-25-21/h3-11,14H,12H2,1-2H3,(H,27,30,31). The molecule has 7 nitrogen and oxygen atoms in total. The highest BCUT2D eigenvalue weighted by Gasteiger charge is 2.39. The normalized spacial score (nSPS) is 19.7. The van der Waals surface area contributed by atoms with Crippen molar-refractivity contribution in [2.24, 2.45) is 4.99 Å². The van der Waals surface area contributed by atoms with E-state index >= 15 is 0 Å². The van der Waals surface area contributed by atoms with E-state index in [4.69, 9.17) is 0 Å². The fourth-order valence-corrected chi connectivity index (χ4v) is 4.75. The lowest BCUT2D eigenvalue weighted by atomic mass is 9.93. The van der Waals surface area contributed by atoms with Crippen LogP contribution in [0.4, 0.5) is 5.69 Å². The molecule has 0 fully saturated rings. The van der Waals surface area contributed by atoms with Crippen molar-refractivity contribution >= 4 is 34.4 Å². The van der Waals surface area contributed by atoms with Crippen LogP contribution in [0.2, 0.25) is 0 Å². The third-order valence-corrected chi connectivity index (χ3v) is 6.14. The quantitative estimate of drug-likeness (QED) is 0.660. The maximum atomic E-state index is 13.0. The summed E-state index contributed by atoms with van der Waals surface area (Å²) in [6.45, 7) is 5.02. The van der Waals surface area contributed by atoms with E-state index < -0.39 is 11.8 Å². The molecule has 3 aliphatic heterocycles. The number of benzene rings is 1. The van der Waals surface area contributed by atoms with Crippen LogP contribution in [-0.4, -0.2) is 33.5 Å². The highest BCUT2D eigenvalue weighted by atomic mass is 16.2. The predicted molar refractivity (Wildman–Crippen MR) is 118 cm³/mol. The minimum Gasteiger partial charge on any atom is -0.345 e. The zero-order chi connectivity index (χ0) is 21.3. The van der Waals surface area contributed by atoms with Crippen LogP contribution in [0.25, 0.3) is 11.2 Å². The third-order valence-electron chi connectivity index (χ3n) is 6.14. The average Bonchev–Trinajstić information content (AvgIpc) is 3.34. The first-order chi connectivity index (χ1) is 15.0. The Balaban J connectivity index is 1.64. The van der Waals surface area contributed by atoms with Gasteiger partial charge in [0.25, 0.3) is 11.8 Å². The van der Waals surface area contributed by atoms with Crippen LogP contribution in [0.1, 0.15) is 35.2 Å². The van der Waals surface area contributed by atoms with Gasteiger partial charge in [-0.1, -0.05) is 31.2 Å². The van der Waals surface area contributed by atoms with Crippen molar-refractivity contribution in [1.82, 2.24) is 14.7 Å². The number of aliphatic imine (C=N–C) groups is 1. The Morgan fingerprint density at radius 3 is 2.81 bits per heavy atom. The molecule has 0 radical (unpaired) electrons. The molecule has 152 valence electrons. The number of nitrogens with one attached hydrogen (secondary N) is 1. The second kappa shape index (κ2) is 6.25. The first-order valence-electron chi connectivity index (χ1n) is 10.2. The number of fused-ring (bicyclic) bond motifs is 1. The monoisotopic (exact) mass is 409 g/mol. The maximum absolute atomic E-state index is 13.0. The van der Waals surface area contributed by atoms with Gasteiger partial charge >= 0.3 is 0 Å². The number of carbonyl (C=O) groups is 2. The van der Waals surface area contributed by atoms with Crippen molar-refractivity contribution in [2.75, 3.05) is 11.4 Å². The molecule has 1 atom stereocenters. The number of imidazole rings is 1. The van der Waals surface area contributed by atoms with Crippen molar-refractivity contribution < 1.29 is 9.59 Å². The summed E-state index contributed by atoms with van der Waals surface area (Å²) in [7, 11) is 0. The Bertz CT molecular complexity index is 1410. The Hall–Kier alpha value is -4.00. The first-order valence-corrected chi connectivity index (χ1v) is 10.2. The Labute approximate surface area is 178 Å². The summed E-state index contributed by atoms with van der Waals surface area (Å²) in [5, 5.41) is 2.47. The molecule has 1 aromatic carbocycles. The predicted octanol–water partition coefficient (Wildman–Crippen LogP) is 2.95. The largest absolute Gasteiger partial charge is 0.345 e. The number of aromatic nitrogens is 2. The molecule has 0 aliphatic carbocycles. The molecule has 6 rings (SSSR count). The van der Waals surface area contributed by atoms with Crippen LogP contribution in [0.5, 0.6) is 0 Å². The number of para-hydroxylation sites is 1. The third kappa shape index (κ3) is 2.46. The summed E-state index contributed by atoms with van der Waals surface area (Å²) in [6, 6.07) is 9.92. The zero-order valence-corrected chi connectivity index (χ0v) is 17.1. The van der Waals surface area contributed by atoms with E-state index in [1.54, 1.807) is 12.4 Å². The minimum absolute atomic E-state index is 0.285. The molecule has 0 saturated heterocycles. The molecule has 2 amide bonds. The highest BCUT2D eigenvalue weighted by molar-refractivity contribution is 6.47. The lowest BCUT2D eigenvalue weighted by Gasteiger charge is -2.17. The molecule has 31 heavy (non-hydrogen) atoms. The Morgan fingerprint density at radius 2 is 1.94 bits per heavy atom. The van der Waals surface area contributed by atoms with Gasteiger partial charge in [-0.25, -0.2) is 4.98 Å². The number of nitrogens with zero attached hydrogens (tertiary/aromatic N) is 4. The van der Waals surface area contributed by atoms with Crippen molar-refractivity contribution in [3.05, 3.63) is 83.1 Å². The summed E-state index contributed by atoms with van der Waals surface area (Å²) < 4.78 is 1.85. The molecule has 3 aliphatic rings. The number of pyridine rings is 1. The zero-order valence-electron chi connectivity index (χ0n) is 17.1. The van der Waals surface area contributed by atoms with E-state index in [-0.39, 0.29) is 5.57 Å². The molecule has 0 bridgehead atoms. The van der Waals surface area contributed by atoms with Gasteiger partial charge in [0.1, 0.15) is 5.65 Å². The lowest BCUT2D eigenvalue weighted by molar-refractivity contribution is -0.123. The Kier molecular flexibility index (Phi) is 3.59. The SMILES string of the molecule is Cc1ccc2ncc(C3=C(C4=NC=CN5CC(C)c6cccc4c65)C(=O)NC3=O)n2c1. The van der Waals surface area contributed by atoms with Crippen molar-refractivity contribution in [1.29, 1.82) is 0 Å². The van der Waals surface area contributed by atoms with Crippen LogP contribution in [0.15, 0.2) is 65.7 Å². The lowest BCUT2D eigenvalue weighted by Crippen LogP contribution is -2.25. The van der Waals surface area contributed by atoms with Gasteiger partial charge in [0.05, 0.1) is 34.4 Å². The molecule has 0 saturated carbocycles. The summed E-state index contributed by atoms with van der Waals surface area (Å²) >= 11 is 0. The van der Waals surface area contributed by atoms with Crippen LogP contribution < -0.4 is 10.2 Å². The van der Waals surface area contributed by atoms with Gasteiger partial charge in [0, 0.05) is 36.6 Å². The van der Waals surface area contributed by atoms with E-state index in [1.807, 2.05) is 48.0 Å². The van der Waals surface area contributed by atoms with Crippen LogP contribution in [0.3, 0.4) is 0 Å². The highest BCUT2D eigenvalue weighted by Crippen LogP contribution is 2.42. The molecule has 1 unspecified atom stereocenters. The molecule has 2 aromatic heterocycles. The van der Waals surface area contributed by atoms with Gasteiger partial charge in [0.2, 0.25) is 0 Å². The van der Waals surface area contributed by atoms with Gasteiger partial charge in [-0.05, 0) is 24.1 Å². The van der Waals surface area contributed by atoms with E-state index in [2.05, 4.69) is 33.2 Å². The fourth-order valence-electron chi connectivity index (χ4n) is 4.75. The number of imide groups is 1. The summed E-state index contributed by atoms with van der Waals surface area (Å²) in [4.78, 5) is 37.2. The molecule has 1 N–H and O–H groups in total. The first kappa shape index (κ1) is 17.8. The van der Waals surface area contributed by atoms with E-state index in [0.717, 1.165) is 23.4 Å². The number of hydrogen-bond acceptors (Lipinski definition) is 5. The second-order valence-corrected chi connectivity index (χ2v) is 8.18. The van der Waals surface area contributed by atoms with E-state index in [1.165, 1.54) is 5.56 Å².